The molecule has 6 nitrogen and oxygen atoms in total. The molecule has 0 aliphatic carbocycles. The van der Waals surface area contributed by atoms with Gasteiger partial charge in [-0.25, -0.2) is 14.8 Å². The summed E-state index contributed by atoms with van der Waals surface area (Å²) in [5.74, 6) is 0.180. The molecule has 1 aliphatic heterocycles. The van der Waals surface area contributed by atoms with E-state index in [9.17, 15) is 4.79 Å². The average molecular weight is 330 g/mol. The molecule has 1 aromatic heterocycles. The molecule has 0 unspecified atom stereocenters. The number of hydrogen-bond acceptors (Lipinski definition) is 5. The number of carbonyl (C=O) groups is 1. The number of aliphatic imine (C=N–C) groups is 1. The molecule has 0 saturated carbocycles. The number of likely N-dealkylation sites (tertiary alicyclic amines) is 1. The number of nitrogens with two attached hydrogens (primary N) is 1. The Morgan fingerprint density at radius 3 is 3.00 bits per heavy atom. The van der Waals surface area contributed by atoms with Crippen molar-refractivity contribution < 1.29 is 9.53 Å². The first-order valence-electron chi connectivity index (χ1n) is 7.35. The maximum absolute atomic E-state index is 11.5. The Hall–Kier alpha value is -2.41. The number of nitrogens with zero attached hydrogens (tertiary/aromatic N) is 3. The van der Waals surface area contributed by atoms with E-state index >= 15 is 0 Å². The van der Waals surface area contributed by atoms with Crippen LogP contribution in [0.25, 0.3) is 10.6 Å². The molecular formula is C16H18N4O2S. The predicted octanol–water partition coefficient (Wildman–Crippen LogP) is 2.12. The van der Waals surface area contributed by atoms with Crippen LogP contribution in [0.3, 0.4) is 0 Å². The van der Waals surface area contributed by atoms with Crippen molar-refractivity contribution in [3.05, 3.63) is 40.9 Å². The van der Waals surface area contributed by atoms with Gasteiger partial charge < -0.3 is 15.4 Å². The van der Waals surface area contributed by atoms with E-state index in [2.05, 4.69) is 19.6 Å². The van der Waals surface area contributed by atoms with Crippen LogP contribution >= 0.6 is 11.3 Å². The number of methoxy groups -OCH3 is 1. The van der Waals surface area contributed by atoms with Crippen molar-refractivity contribution in [2.24, 2.45) is 10.7 Å². The zero-order chi connectivity index (χ0) is 16.2. The summed E-state index contributed by atoms with van der Waals surface area (Å²) in [6.45, 7) is 2.51. The number of rotatable bonds is 4. The summed E-state index contributed by atoms with van der Waals surface area (Å²) in [4.78, 5) is 22.3. The lowest BCUT2D eigenvalue weighted by Gasteiger charge is -2.31. The Balaban J connectivity index is 1.74. The van der Waals surface area contributed by atoms with Gasteiger partial charge in [-0.1, -0.05) is 18.2 Å². The Bertz CT molecular complexity index is 737. The molecule has 1 aliphatic rings. The normalized spacial score (nSPS) is 14.5. The van der Waals surface area contributed by atoms with E-state index in [0.717, 1.165) is 29.2 Å². The molecule has 0 atom stereocenters. The number of thiazole rings is 1. The van der Waals surface area contributed by atoms with Crippen LogP contribution in [0.1, 0.15) is 22.5 Å². The highest BCUT2D eigenvalue weighted by Gasteiger charge is 2.15. The smallest absolute Gasteiger partial charge is 0.357 e. The Kier molecular flexibility index (Phi) is 4.57. The SMILES string of the molecule is COC(=O)c1csc(-c2cccc(CN=C(N)N3CCC3)c2)n1. The molecule has 2 heterocycles. The van der Waals surface area contributed by atoms with Gasteiger partial charge in [-0.2, -0.15) is 0 Å². The predicted molar refractivity (Wildman–Crippen MR) is 90.4 cm³/mol. The average Bonchev–Trinajstić information content (AvgIpc) is 3.01. The molecule has 0 spiro atoms. The second-order valence-corrected chi connectivity index (χ2v) is 6.10. The third kappa shape index (κ3) is 3.50. The number of hydrogen-bond donors (Lipinski definition) is 1. The van der Waals surface area contributed by atoms with Crippen LogP contribution in [0.5, 0.6) is 0 Å². The lowest BCUT2D eigenvalue weighted by molar-refractivity contribution is 0.0595. The Labute approximate surface area is 138 Å². The van der Waals surface area contributed by atoms with Gasteiger partial charge in [-0.3, -0.25) is 0 Å². The summed E-state index contributed by atoms with van der Waals surface area (Å²) < 4.78 is 4.68. The van der Waals surface area contributed by atoms with Crippen molar-refractivity contribution in [1.82, 2.24) is 9.88 Å². The van der Waals surface area contributed by atoms with E-state index < -0.39 is 5.97 Å². The van der Waals surface area contributed by atoms with Gasteiger partial charge in [0.05, 0.1) is 13.7 Å². The highest BCUT2D eigenvalue weighted by Crippen LogP contribution is 2.25. The molecule has 23 heavy (non-hydrogen) atoms. The van der Waals surface area contributed by atoms with Crippen LogP contribution in [0.2, 0.25) is 0 Å². The Morgan fingerprint density at radius 2 is 2.30 bits per heavy atom. The summed E-state index contributed by atoms with van der Waals surface area (Å²) in [5, 5.41) is 2.49. The first-order chi connectivity index (χ1) is 11.2. The quantitative estimate of drug-likeness (QED) is 0.527. The van der Waals surface area contributed by atoms with Gasteiger partial charge in [-0.15, -0.1) is 11.3 Å². The van der Waals surface area contributed by atoms with Crippen LogP contribution < -0.4 is 5.73 Å². The van der Waals surface area contributed by atoms with Crippen molar-refractivity contribution in [3.8, 4) is 10.6 Å². The van der Waals surface area contributed by atoms with Crippen LogP contribution in [0.4, 0.5) is 0 Å². The van der Waals surface area contributed by atoms with E-state index in [1.165, 1.54) is 24.9 Å². The van der Waals surface area contributed by atoms with Crippen molar-refractivity contribution in [1.29, 1.82) is 0 Å². The van der Waals surface area contributed by atoms with Crippen LogP contribution in [-0.4, -0.2) is 42.0 Å². The van der Waals surface area contributed by atoms with E-state index in [1.54, 1.807) is 5.38 Å². The second kappa shape index (κ2) is 6.78. The number of guanidine groups is 1. The number of carbonyl (C=O) groups excluding carboxylic acids is 1. The van der Waals surface area contributed by atoms with Crippen molar-refractivity contribution in [3.63, 3.8) is 0 Å². The van der Waals surface area contributed by atoms with Crippen molar-refractivity contribution in [2.75, 3.05) is 20.2 Å². The van der Waals surface area contributed by atoms with E-state index in [4.69, 9.17) is 5.73 Å². The molecule has 7 heteroatoms. The standard InChI is InChI=1S/C16H18N4O2S/c1-22-15(21)13-10-23-14(19-13)12-5-2-4-11(8-12)9-18-16(17)20-6-3-7-20/h2,4-5,8,10H,3,6-7,9H2,1H3,(H2,17,18). The van der Waals surface area contributed by atoms with Gasteiger partial charge in [0.1, 0.15) is 5.01 Å². The fourth-order valence-corrected chi connectivity index (χ4v) is 3.01. The van der Waals surface area contributed by atoms with Crippen molar-refractivity contribution in [2.45, 2.75) is 13.0 Å². The highest BCUT2D eigenvalue weighted by molar-refractivity contribution is 7.13. The number of aromatic nitrogens is 1. The van der Waals surface area contributed by atoms with Gasteiger partial charge in [0.15, 0.2) is 11.7 Å². The molecule has 120 valence electrons. The molecule has 1 aromatic carbocycles. The minimum Gasteiger partial charge on any atom is -0.464 e. The fourth-order valence-electron chi connectivity index (χ4n) is 2.22. The first-order valence-corrected chi connectivity index (χ1v) is 8.23. The maximum Gasteiger partial charge on any atom is 0.357 e. The monoisotopic (exact) mass is 330 g/mol. The molecule has 2 N–H and O–H groups in total. The van der Waals surface area contributed by atoms with Gasteiger partial charge in [0, 0.05) is 24.0 Å². The largest absolute Gasteiger partial charge is 0.464 e. The lowest BCUT2D eigenvalue weighted by atomic mass is 10.1. The zero-order valence-corrected chi connectivity index (χ0v) is 13.7. The molecule has 0 amide bonds. The summed E-state index contributed by atoms with van der Waals surface area (Å²) >= 11 is 1.42. The topological polar surface area (TPSA) is 80.8 Å². The minimum absolute atomic E-state index is 0.331. The molecule has 1 saturated heterocycles. The molecule has 3 rings (SSSR count). The summed E-state index contributed by atoms with van der Waals surface area (Å²) in [5.41, 5.74) is 8.29. The number of ether oxygens (including phenoxy) is 1. The fraction of sp³-hybridized carbons (Fsp3) is 0.312. The summed E-state index contributed by atoms with van der Waals surface area (Å²) in [7, 11) is 1.35. The highest BCUT2D eigenvalue weighted by atomic mass is 32.1. The van der Waals surface area contributed by atoms with Gasteiger partial charge >= 0.3 is 5.97 Å². The van der Waals surface area contributed by atoms with E-state index in [1.807, 2.05) is 24.3 Å². The van der Waals surface area contributed by atoms with E-state index in [-0.39, 0.29) is 0 Å². The molecular weight excluding hydrogens is 312 g/mol. The van der Waals surface area contributed by atoms with Crippen LogP contribution in [0, 0.1) is 0 Å². The third-order valence-electron chi connectivity index (χ3n) is 3.68. The molecule has 0 bridgehead atoms. The van der Waals surface area contributed by atoms with E-state index in [0.29, 0.717) is 18.2 Å². The second-order valence-electron chi connectivity index (χ2n) is 5.24. The first kappa shape index (κ1) is 15.5. The molecule has 0 radical (unpaired) electrons. The van der Waals surface area contributed by atoms with Crippen LogP contribution in [0.15, 0.2) is 34.6 Å². The minimum atomic E-state index is -0.421. The van der Waals surface area contributed by atoms with Crippen molar-refractivity contribution >= 4 is 23.3 Å². The number of esters is 1. The summed E-state index contributed by atoms with van der Waals surface area (Å²) in [6.07, 6.45) is 1.18. The van der Waals surface area contributed by atoms with Gasteiger partial charge in [0.2, 0.25) is 0 Å². The zero-order valence-electron chi connectivity index (χ0n) is 12.9. The lowest BCUT2D eigenvalue weighted by Crippen LogP contribution is -2.46. The van der Waals surface area contributed by atoms with Crippen LogP contribution in [-0.2, 0) is 11.3 Å². The van der Waals surface area contributed by atoms with Gasteiger partial charge in [0.25, 0.3) is 0 Å². The molecule has 1 fully saturated rings. The molecule has 2 aromatic rings. The summed E-state index contributed by atoms with van der Waals surface area (Å²) in [6, 6.07) is 7.95. The third-order valence-corrected chi connectivity index (χ3v) is 4.57. The van der Waals surface area contributed by atoms with Gasteiger partial charge in [-0.05, 0) is 18.1 Å². The Morgan fingerprint density at radius 1 is 1.48 bits per heavy atom. The maximum atomic E-state index is 11.5. The number of benzene rings is 1.